The van der Waals surface area contributed by atoms with E-state index < -0.39 is 5.82 Å². The summed E-state index contributed by atoms with van der Waals surface area (Å²) in [6.45, 7) is 2.66. The van der Waals surface area contributed by atoms with E-state index in [1.54, 1.807) is 23.1 Å². The van der Waals surface area contributed by atoms with Crippen LogP contribution in [-0.4, -0.2) is 47.0 Å². The summed E-state index contributed by atoms with van der Waals surface area (Å²) >= 11 is 5.88. The molecular formula is C22H20ClFN4O2. The van der Waals surface area contributed by atoms with E-state index in [1.165, 1.54) is 12.4 Å². The topological polar surface area (TPSA) is 58.6 Å². The van der Waals surface area contributed by atoms with Crippen LogP contribution in [0, 0.1) is 5.82 Å². The highest BCUT2D eigenvalue weighted by Crippen LogP contribution is 2.24. The van der Waals surface area contributed by atoms with Crippen LogP contribution in [0.3, 0.4) is 0 Å². The molecule has 2 aromatic carbocycles. The lowest BCUT2D eigenvalue weighted by molar-refractivity contribution is 0.0740. The molecule has 0 N–H and O–H groups in total. The van der Waals surface area contributed by atoms with Gasteiger partial charge in [0.1, 0.15) is 24.4 Å². The van der Waals surface area contributed by atoms with Crippen molar-refractivity contribution < 1.29 is 13.9 Å². The van der Waals surface area contributed by atoms with Crippen LogP contribution in [0.5, 0.6) is 5.88 Å². The van der Waals surface area contributed by atoms with Gasteiger partial charge >= 0.3 is 0 Å². The highest BCUT2D eigenvalue weighted by molar-refractivity contribution is 6.31. The molecule has 0 radical (unpaired) electrons. The number of hydrogen-bond acceptors (Lipinski definition) is 5. The molecule has 30 heavy (non-hydrogen) atoms. The number of anilines is 1. The Balaban J connectivity index is 1.36. The number of carbonyl (C=O) groups is 1. The molecule has 8 heteroatoms. The van der Waals surface area contributed by atoms with Crippen molar-refractivity contribution in [3.8, 4) is 5.88 Å². The number of benzene rings is 2. The summed E-state index contributed by atoms with van der Waals surface area (Å²) in [6, 6.07) is 16.0. The maximum atomic E-state index is 13.4. The minimum Gasteiger partial charge on any atom is -0.473 e. The third-order valence-electron chi connectivity index (χ3n) is 4.93. The second-order valence-electron chi connectivity index (χ2n) is 6.89. The zero-order valence-corrected chi connectivity index (χ0v) is 16.9. The molecule has 0 spiro atoms. The Morgan fingerprint density at radius 1 is 1.03 bits per heavy atom. The molecular weight excluding hydrogens is 407 g/mol. The molecule has 0 atom stereocenters. The summed E-state index contributed by atoms with van der Waals surface area (Å²) in [5.41, 5.74) is 2.15. The molecule has 6 nitrogen and oxygen atoms in total. The Labute approximate surface area is 178 Å². The quantitative estimate of drug-likeness (QED) is 0.621. The van der Waals surface area contributed by atoms with E-state index in [0.29, 0.717) is 44.4 Å². The minimum absolute atomic E-state index is 0.0926. The first-order valence-corrected chi connectivity index (χ1v) is 9.96. The Morgan fingerprint density at radius 3 is 2.53 bits per heavy atom. The predicted octanol–water partition coefficient (Wildman–Crippen LogP) is 3.81. The molecule has 1 saturated heterocycles. The first kappa shape index (κ1) is 20.1. The fourth-order valence-corrected chi connectivity index (χ4v) is 3.45. The van der Waals surface area contributed by atoms with Crippen molar-refractivity contribution in [1.82, 2.24) is 14.9 Å². The maximum Gasteiger partial charge on any atom is 0.272 e. The second kappa shape index (κ2) is 9.09. The van der Waals surface area contributed by atoms with Crippen LogP contribution < -0.4 is 9.64 Å². The van der Waals surface area contributed by atoms with Gasteiger partial charge in [0.25, 0.3) is 5.91 Å². The Morgan fingerprint density at radius 2 is 1.80 bits per heavy atom. The minimum atomic E-state index is -0.441. The van der Waals surface area contributed by atoms with Gasteiger partial charge in [0.2, 0.25) is 5.88 Å². The number of ether oxygens (including phenoxy) is 1. The van der Waals surface area contributed by atoms with Gasteiger partial charge in [-0.3, -0.25) is 4.79 Å². The Kier molecular flexibility index (Phi) is 6.09. The van der Waals surface area contributed by atoms with E-state index >= 15 is 0 Å². The summed E-state index contributed by atoms with van der Waals surface area (Å²) in [7, 11) is 0. The molecule has 0 unspecified atom stereocenters. The molecule has 0 aliphatic carbocycles. The zero-order chi connectivity index (χ0) is 20.9. The number of piperazine rings is 1. The number of rotatable bonds is 5. The lowest BCUT2D eigenvalue weighted by Gasteiger charge is -2.36. The molecule has 1 aromatic heterocycles. The molecule has 1 fully saturated rings. The summed E-state index contributed by atoms with van der Waals surface area (Å²) in [5.74, 6) is -0.251. The molecule has 1 amide bonds. The van der Waals surface area contributed by atoms with Crippen molar-refractivity contribution in [2.45, 2.75) is 6.61 Å². The smallest absolute Gasteiger partial charge is 0.272 e. The first-order valence-electron chi connectivity index (χ1n) is 9.58. The molecule has 4 rings (SSSR count). The van der Waals surface area contributed by atoms with Crippen LogP contribution >= 0.6 is 11.6 Å². The molecule has 1 aliphatic rings. The van der Waals surface area contributed by atoms with Crippen molar-refractivity contribution in [1.29, 1.82) is 0 Å². The van der Waals surface area contributed by atoms with Crippen LogP contribution in [0.4, 0.5) is 10.1 Å². The second-order valence-corrected chi connectivity index (χ2v) is 7.30. The fraction of sp³-hybridized carbons (Fsp3) is 0.227. The summed E-state index contributed by atoms with van der Waals surface area (Å²) in [6.07, 6.45) is 1.34. The standard InChI is InChI=1S/C22H20ClFN4O2/c23-18-12-17(6-7-19(18)24)27-8-10-28(11-9-27)22(29)20-13-21(26-15-25-20)30-14-16-4-2-1-3-5-16/h1-7,12-13,15H,8-11,14H2. The van der Waals surface area contributed by atoms with Gasteiger partial charge in [-0.25, -0.2) is 14.4 Å². The number of aromatic nitrogens is 2. The van der Waals surface area contributed by atoms with Crippen LogP contribution in [0.1, 0.15) is 16.1 Å². The third kappa shape index (κ3) is 4.68. The molecule has 0 saturated carbocycles. The molecule has 1 aliphatic heterocycles. The summed E-state index contributed by atoms with van der Waals surface area (Å²) in [5, 5.41) is 0.0926. The average Bonchev–Trinajstić information content (AvgIpc) is 2.80. The fourth-order valence-electron chi connectivity index (χ4n) is 3.28. The van der Waals surface area contributed by atoms with E-state index in [9.17, 15) is 9.18 Å². The van der Waals surface area contributed by atoms with Crippen molar-refractivity contribution >= 4 is 23.2 Å². The monoisotopic (exact) mass is 426 g/mol. The van der Waals surface area contributed by atoms with Crippen molar-refractivity contribution in [3.05, 3.63) is 83.0 Å². The largest absolute Gasteiger partial charge is 0.473 e. The van der Waals surface area contributed by atoms with Crippen LogP contribution in [0.2, 0.25) is 5.02 Å². The van der Waals surface area contributed by atoms with Crippen molar-refractivity contribution in [2.24, 2.45) is 0 Å². The van der Waals surface area contributed by atoms with Crippen LogP contribution in [0.15, 0.2) is 60.9 Å². The van der Waals surface area contributed by atoms with Gasteiger partial charge in [0.05, 0.1) is 5.02 Å². The molecule has 154 valence electrons. The lowest BCUT2D eigenvalue weighted by Crippen LogP contribution is -2.49. The van der Waals surface area contributed by atoms with Crippen LogP contribution in [0.25, 0.3) is 0 Å². The number of hydrogen-bond donors (Lipinski definition) is 0. The van der Waals surface area contributed by atoms with E-state index in [-0.39, 0.29) is 10.9 Å². The molecule has 3 aromatic rings. The third-order valence-corrected chi connectivity index (χ3v) is 5.22. The highest BCUT2D eigenvalue weighted by atomic mass is 35.5. The van der Waals surface area contributed by atoms with Gasteiger partial charge in [0.15, 0.2) is 0 Å². The van der Waals surface area contributed by atoms with E-state index in [0.717, 1.165) is 11.3 Å². The summed E-state index contributed by atoms with van der Waals surface area (Å²) in [4.78, 5) is 24.9. The van der Waals surface area contributed by atoms with Gasteiger partial charge < -0.3 is 14.5 Å². The number of nitrogens with zero attached hydrogens (tertiary/aromatic N) is 4. The maximum absolute atomic E-state index is 13.4. The summed E-state index contributed by atoms with van der Waals surface area (Å²) < 4.78 is 19.1. The lowest BCUT2D eigenvalue weighted by atomic mass is 10.2. The van der Waals surface area contributed by atoms with Gasteiger partial charge in [-0.15, -0.1) is 0 Å². The van der Waals surface area contributed by atoms with E-state index in [2.05, 4.69) is 14.9 Å². The van der Waals surface area contributed by atoms with Crippen molar-refractivity contribution in [3.63, 3.8) is 0 Å². The van der Waals surface area contributed by atoms with Crippen LogP contribution in [-0.2, 0) is 6.61 Å². The van der Waals surface area contributed by atoms with Crippen molar-refractivity contribution in [2.75, 3.05) is 31.1 Å². The number of carbonyl (C=O) groups excluding carboxylic acids is 1. The Bertz CT molecular complexity index is 1030. The SMILES string of the molecule is O=C(c1cc(OCc2ccccc2)ncn1)N1CCN(c2ccc(F)c(Cl)c2)CC1. The zero-order valence-electron chi connectivity index (χ0n) is 16.2. The predicted molar refractivity (Wildman–Crippen MR) is 112 cm³/mol. The Hall–Kier alpha value is -3.19. The molecule has 2 heterocycles. The van der Waals surface area contributed by atoms with Gasteiger partial charge in [-0.2, -0.15) is 0 Å². The normalized spacial score (nSPS) is 13.9. The average molecular weight is 427 g/mol. The molecule has 0 bridgehead atoms. The van der Waals surface area contributed by atoms with E-state index in [1.807, 2.05) is 30.3 Å². The highest BCUT2D eigenvalue weighted by Gasteiger charge is 2.24. The number of halogens is 2. The van der Waals surface area contributed by atoms with Gasteiger partial charge in [0, 0.05) is 37.9 Å². The number of amides is 1. The van der Waals surface area contributed by atoms with E-state index in [4.69, 9.17) is 16.3 Å². The van der Waals surface area contributed by atoms with Gasteiger partial charge in [-0.1, -0.05) is 41.9 Å². The first-order chi connectivity index (χ1) is 14.6. The van der Waals surface area contributed by atoms with Gasteiger partial charge in [-0.05, 0) is 23.8 Å².